The summed E-state index contributed by atoms with van der Waals surface area (Å²) in [7, 11) is 0. The Balaban J connectivity index is 1.83. The highest BCUT2D eigenvalue weighted by Crippen LogP contribution is 2.24. The molecule has 1 N–H and O–H groups in total. The predicted molar refractivity (Wildman–Crippen MR) is 88.7 cm³/mol. The molecule has 0 aromatic heterocycles. The minimum Gasteiger partial charge on any atom is -0.444 e. The minimum atomic E-state index is -0.465. The van der Waals surface area contributed by atoms with Crippen molar-refractivity contribution in [3.05, 3.63) is 35.6 Å². The number of hydrogen-bond donors (Lipinski definition) is 1. The van der Waals surface area contributed by atoms with Gasteiger partial charge in [0, 0.05) is 25.2 Å². The molecule has 4 nitrogen and oxygen atoms in total. The van der Waals surface area contributed by atoms with Crippen molar-refractivity contribution in [1.29, 1.82) is 0 Å². The summed E-state index contributed by atoms with van der Waals surface area (Å²) in [4.78, 5) is 13.8. The van der Waals surface area contributed by atoms with Crippen LogP contribution in [0.4, 0.5) is 9.18 Å². The maximum atomic E-state index is 13.2. The molecule has 0 saturated carbocycles. The molecule has 0 spiro atoms. The van der Waals surface area contributed by atoms with Gasteiger partial charge in [0.1, 0.15) is 11.4 Å². The maximum Gasteiger partial charge on any atom is 0.410 e. The van der Waals surface area contributed by atoms with Crippen LogP contribution in [-0.2, 0) is 11.3 Å². The van der Waals surface area contributed by atoms with Gasteiger partial charge in [0.25, 0.3) is 0 Å². The van der Waals surface area contributed by atoms with E-state index in [1.54, 1.807) is 17.0 Å². The van der Waals surface area contributed by atoms with E-state index in [2.05, 4.69) is 12.2 Å². The van der Waals surface area contributed by atoms with Gasteiger partial charge in [-0.15, -0.1) is 0 Å². The molecule has 0 aliphatic carbocycles. The monoisotopic (exact) mass is 322 g/mol. The molecule has 1 aliphatic rings. The number of carbonyl (C=O) groups is 1. The molecule has 1 fully saturated rings. The van der Waals surface area contributed by atoms with Gasteiger partial charge in [-0.2, -0.15) is 0 Å². The van der Waals surface area contributed by atoms with Gasteiger partial charge in [-0.05, 0) is 58.2 Å². The Hall–Kier alpha value is -1.62. The van der Waals surface area contributed by atoms with Gasteiger partial charge in [-0.25, -0.2) is 9.18 Å². The number of nitrogens with zero attached hydrogens (tertiary/aromatic N) is 1. The van der Waals surface area contributed by atoms with Crippen molar-refractivity contribution in [2.24, 2.45) is 0 Å². The first-order chi connectivity index (χ1) is 10.7. The predicted octanol–water partition coefficient (Wildman–Crippen LogP) is 3.70. The van der Waals surface area contributed by atoms with Crippen molar-refractivity contribution >= 4 is 6.09 Å². The second-order valence-corrected chi connectivity index (χ2v) is 7.51. The summed E-state index contributed by atoms with van der Waals surface area (Å²) in [6, 6.07) is 6.63. The van der Waals surface area contributed by atoms with Crippen molar-refractivity contribution in [2.45, 2.75) is 58.2 Å². The van der Waals surface area contributed by atoms with E-state index in [1.807, 2.05) is 26.8 Å². The zero-order valence-corrected chi connectivity index (χ0v) is 14.5. The van der Waals surface area contributed by atoms with Crippen LogP contribution < -0.4 is 5.32 Å². The maximum absolute atomic E-state index is 13.2. The highest BCUT2D eigenvalue weighted by Gasteiger charge is 2.33. The number of nitrogens with one attached hydrogen (secondary N) is 1. The smallest absolute Gasteiger partial charge is 0.410 e. The summed E-state index contributed by atoms with van der Waals surface area (Å²) in [6.07, 6.45) is 1.45. The van der Waals surface area contributed by atoms with E-state index in [1.165, 1.54) is 6.07 Å². The van der Waals surface area contributed by atoms with Gasteiger partial charge in [0.15, 0.2) is 0 Å². The highest BCUT2D eigenvalue weighted by atomic mass is 19.1. The topological polar surface area (TPSA) is 41.6 Å². The Morgan fingerprint density at radius 1 is 1.35 bits per heavy atom. The van der Waals surface area contributed by atoms with Crippen molar-refractivity contribution in [1.82, 2.24) is 10.2 Å². The third-order valence-corrected chi connectivity index (χ3v) is 4.13. The first-order valence-electron chi connectivity index (χ1n) is 8.14. The van der Waals surface area contributed by atoms with Gasteiger partial charge in [0.05, 0.1) is 0 Å². The van der Waals surface area contributed by atoms with Crippen molar-refractivity contribution < 1.29 is 13.9 Å². The Morgan fingerprint density at radius 2 is 2.00 bits per heavy atom. The Kier molecular flexibility index (Phi) is 5.30. The lowest BCUT2D eigenvalue weighted by atomic mass is 9.89. The molecule has 0 unspecified atom stereocenters. The molecule has 1 amide bonds. The standard InChI is InChI=1S/C18H27FN2O2/c1-17(2,3)23-16(22)21-10-8-18(4,9-11-21)20-13-14-6-5-7-15(19)12-14/h5-7,12,20H,8-11,13H2,1-4H3. The first-order valence-corrected chi connectivity index (χ1v) is 8.14. The number of likely N-dealkylation sites (tertiary alicyclic amines) is 1. The van der Waals surface area contributed by atoms with Crippen LogP contribution in [0.2, 0.25) is 0 Å². The summed E-state index contributed by atoms with van der Waals surface area (Å²) in [5, 5.41) is 3.50. The molecule has 128 valence electrons. The molecule has 1 aromatic carbocycles. The Labute approximate surface area is 138 Å². The van der Waals surface area contributed by atoms with Crippen LogP contribution in [0.3, 0.4) is 0 Å². The molecule has 1 saturated heterocycles. The van der Waals surface area contributed by atoms with Crippen molar-refractivity contribution in [3.8, 4) is 0 Å². The molecular weight excluding hydrogens is 295 g/mol. The van der Waals surface area contributed by atoms with Gasteiger partial charge < -0.3 is 15.0 Å². The summed E-state index contributed by atoms with van der Waals surface area (Å²) >= 11 is 0. The molecule has 1 aromatic rings. The van der Waals surface area contributed by atoms with Crippen LogP contribution in [0.5, 0.6) is 0 Å². The van der Waals surface area contributed by atoms with Crippen molar-refractivity contribution in [2.75, 3.05) is 13.1 Å². The second-order valence-electron chi connectivity index (χ2n) is 7.51. The fourth-order valence-corrected chi connectivity index (χ4v) is 2.65. The van der Waals surface area contributed by atoms with Crippen LogP contribution in [0.1, 0.15) is 46.1 Å². The fraction of sp³-hybridized carbons (Fsp3) is 0.611. The normalized spacial score (nSPS) is 17.9. The third-order valence-electron chi connectivity index (χ3n) is 4.13. The van der Waals surface area contributed by atoms with E-state index in [9.17, 15) is 9.18 Å². The summed E-state index contributed by atoms with van der Waals surface area (Å²) in [5.41, 5.74) is 0.416. The number of rotatable bonds is 3. The third kappa shape index (κ3) is 5.50. The fourth-order valence-electron chi connectivity index (χ4n) is 2.65. The zero-order valence-electron chi connectivity index (χ0n) is 14.5. The van der Waals surface area contributed by atoms with E-state index in [0.29, 0.717) is 19.6 Å². The minimum absolute atomic E-state index is 0.0508. The number of amides is 1. The van der Waals surface area contributed by atoms with E-state index in [4.69, 9.17) is 4.74 Å². The van der Waals surface area contributed by atoms with Gasteiger partial charge in [0.2, 0.25) is 0 Å². The molecule has 1 heterocycles. The molecule has 1 aliphatic heterocycles. The van der Waals surface area contributed by atoms with Crippen molar-refractivity contribution in [3.63, 3.8) is 0 Å². The summed E-state index contributed by atoms with van der Waals surface area (Å²) in [6.45, 7) is 9.74. The van der Waals surface area contributed by atoms with Gasteiger partial charge in [-0.3, -0.25) is 0 Å². The highest BCUT2D eigenvalue weighted by molar-refractivity contribution is 5.68. The lowest BCUT2D eigenvalue weighted by molar-refractivity contribution is 0.0156. The largest absolute Gasteiger partial charge is 0.444 e. The number of benzene rings is 1. The quantitative estimate of drug-likeness (QED) is 0.922. The second kappa shape index (κ2) is 6.87. The number of piperidine rings is 1. The van der Waals surface area contributed by atoms with Gasteiger partial charge in [-0.1, -0.05) is 12.1 Å². The molecule has 2 rings (SSSR count). The van der Waals surface area contributed by atoms with E-state index in [0.717, 1.165) is 18.4 Å². The average Bonchev–Trinajstić information content (AvgIpc) is 2.44. The molecule has 23 heavy (non-hydrogen) atoms. The van der Waals surface area contributed by atoms with Crippen LogP contribution in [0.15, 0.2) is 24.3 Å². The molecular formula is C18H27FN2O2. The van der Waals surface area contributed by atoms with Crippen LogP contribution in [0, 0.1) is 5.82 Å². The zero-order chi connectivity index (χ0) is 17.1. The lowest BCUT2D eigenvalue weighted by Gasteiger charge is -2.40. The number of hydrogen-bond acceptors (Lipinski definition) is 3. The Bertz CT molecular complexity index is 546. The van der Waals surface area contributed by atoms with Crippen LogP contribution in [-0.4, -0.2) is 35.2 Å². The molecule has 0 radical (unpaired) electrons. The van der Waals surface area contributed by atoms with Crippen LogP contribution >= 0.6 is 0 Å². The van der Waals surface area contributed by atoms with E-state index < -0.39 is 5.60 Å². The SMILES string of the molecule is CC1(NCc2cccc(F)c2)CCN(C(=O)OC(C)(C)C)CC1. The molecule has 0 atom stereocenters. The van der Waals surface area contributed by atoms with Crippen LogP contribution in [0.25, 0.3) is 0 Å². The number of halogens is 1. The summed E-state index contributed by atoms with van der Waals surface area (Å²) < 4.78 is 18.6. The Morgan fingerprint density at radius 3 is 2.57 bits per heavy atom. The van der Waals surface area contributed by atoms with E-state index >= 15 is 0 Å². The summed E-state index contributed by atoms with van der Waals surface area (Å²) in [5.74, 6) is -0.214. The first kappa shape index (κ1) is 17.7. The number of carbonyl (C=O) groups excluding carboxylic acids is 1. The lowest BCUT2D eigenvalue weighted by Crippen LogP contribution is -2.53. The van der Waals surface area contributed by atoms with Gasteiger partial charge >= 0.3 is 6.09 Å². The molecule has 0 bridgehead atoms. The van der Waals surface area contributed by atoms with E-state index in [-0.39, 0.29) is 17.4 Å². The number of ether oxygens (including phenoxy) is 1. The molecule has 5 heteroatoms. The average molecular weight is 322 g/mol.